The molecule has 5 atom stereocenters. The normalized spacial score (nSPS) is 30.5. The maximum absolute atomic E-state index is 12.9. The van der Waals surface area contributed by atoms with Gasteiger partial charge in [-0.2, -0.15) is 0 Å². The van der Waals surface area contributed by atoms with Crippen LogP contribution in [0.2, 0.25) is 36.3 Å². The number of cyclic esters (lactones) is 1. The molecule has 0 radical (unpaired) electrons. The Morgan fingerprint density at radius 3 is 2.16 bits per heavy atom. The first kappa shape index (κ1) is 32.5. The van der Waals surface area contributed by atoms with E-state index in [4.69, 9.17) is 18.3 Å². The summed E-state index contributed by atoms with van der Waals surface area (Å²) in [7, 11) is -2.28. The zero-order valence-corrected chi connectivity index (χ0v) is 27.7. The standard InChI is InChI=1S/C30H56O5Si2/c1-29(2,3)36(8,9)34-25-21-23-15-13-12-14-16-24(19-20-32-7)33-28(31)18-17-27(26(23)22-25)35-37(10,11)30(4,5)6/h13,15,17-18,23-27H,12,14,16,19-22H2,1-11H3/b15-13+,18-17+/t23-,24-,25+,26-,27-/m1/s1. The van der Waals surface area contributed by atoms with Crippen LogP contribution >= 0.6 is 0 Å². The van der Waals surface area contributed by atoms with E-state index >= 15 is 0 Å². The highest BCUT2D eigenvalue weighted by Gasteiger charge is 2.46. The summed E-state index contributed by atoms with van der Waals surface area (Å²) >= 11 is 0. The van der Waals surface area contributed by atoms with Crippen LogP contribution in [0.4, 0.5) is 0 Å². The summed E-state index contributed by atoms with van der Waals surface area (Å²) < 4.78 is 25.0. The van der Waals surface area contributed by atoms with E-state index < -0.39 is 16.6 Å². The molecule has 0 aromatic heterocycles. The lowest BCUT2D eigenvalue weighted by Crippen LogP contribution is -2.46. The molecule has 1 aliphatic carbocycles. The van der Waals surface area contributed by atoms with E-state index in [1.807, 2.05) is 6.08 Å². The lowest BCUT2D eigenvalue weighted by molar-refractivity contribution is -0.144. The molecule has 1 heterocycles. The zero-order chi connectivity index (χ0) is 28.1. The third-order valence-electron chi connectivity index (χ3n) is 9.18. The van der Waals surface area contributed by atoms with Gasteiger partial charge in [-0.15, -0.1) is 0 Å². The molecule has 0 bridgehead atoms. The van der Waals surface area contributed by atoms with Gasteiger partial charge >= 0.3 is 5.97 Å². The van der Waals surface area contributed by atoms with Gasteiger partial charge in [0.1, 0.15) is 6.10 Å². The van der Waals surface area contributed by atoms with E-state index in [9.17, 15) is 4.79 Å². The highest BCUT2D eigenvalue weighted by atomic mass is 28.4. The Hall–Kier alpha value is -0.736. The second-order valence-corrected chi connectivity index (χ2v) is 23.7. The SMILES string of the molecule is COCC[C@H]1CCC/C=C/[C@@H]2C[C@H](O[Si](C)(C)C(C)(C)C)C[C@H]2[C@H](O[Si](C)(C)C(C)(C)C)/C=C/C(=O)O1. The third-order valence-corrected chi connectivity index (χ3v) is 18.2. The van der Waals surface area contributed by atoms with Crippen molar-refractivity contribution in [3.63, 3.8) is 0 Å². The number of rotatable bonds is 7. The van der Waals surface area contributed by atoms with Crippen LogP contribution in [0.1, 0.15) is 80.1 Å². The molecule has 2 rings (SSSR count). The maximum Gasteiger partial charge on any atom is 0.330 e. The number of methoxy groups -OCH3 is 1. The molecule has 5 nitrogen and oxygen atoms in total. The van der Waals surface area contributed by atoms with Gasteiger partial charge in [0.05, 0.1) is 6.10 Å². The molecule has 2 aliphatic rings. The minimum absolute atomic E-state index is 0.0781. The Kier molecular flexibility index (Phi) is 11.5. The molecule has 1 saturated carbocycles. The van der Waals surface area contributed by atoms with E-state index in [-0.39, 0.29) is 40.3 Å². The first-order valence-electron chi connectivity index (χ1n) is 14.4. The molecule has 0 spiro atoms. The van der Waals surface area contributed by atoms with E-state index in [0.717, 1.165) is 38.5 Å². The van der Waals surface area contributed by atoms with Crippen LogP contribution in [0.25, 0.3) is 0 Å². The minimum Gasteiger partial charge on any atom is -0.459 e. The fourth-order valence-electron chi connectivity index (χ4n) is 4.75. The number of ether oxygens (including phenoxy) is 2. The van der Waals surface area contributed by atoms with Crippen LogP contribution in [0.5, 0.6) is 0 Å². The Morgan fingerprint density at radius 1 is 0.946 bits per heavy atom. The Balaban J connectivity index is 2.38. The molecule has 0 aromatic rings. The molecule has 0 aromatic carbocycles. The summed E-state index contributed by atoms with van der Waals surface area (Å²) in [5.41, 5.74) is 0. The van der Waals surface area contributed by atoms with E-state index in [1.54, 1.807) is 13.2 Å². The van der Waals surface area contributed by atoms with Crippen molar-refractivity contribution in [3.8, 4) is 0 Å². The van der Waals surface area contributed by atoms with Crippen molar-refractivity contribution in [1.82, 2.24) is 0 Å². The number of carbonyl (C=O) groups is 1. The summed E-state index contributed by atoms with van der Waals surface area (Å²) in [6.45, 7) is 23.6. The van der Waals surface area contributed by atoms with Gasteiger partial charge in [0.25, 0.3) is 0 Å². The Bertz CT molecular complexity index is 791. The molecule has 0 amide bonds. The van der Waals surface area contributed by atoms with Crippen molar-refractivity contribution in [2.24, 2.45) is 11.8 Å². The van der Waals surface area contributed by atoms with Gasteiger partial charge in [0.2, 0.25) is 0 Å². The molecule has 0 saturated heterocycles. The van der Waals surface area contributed by atoms with Crippen LogP contribution in [0, 0.1) is 11.8 Å². The van der Waals surface area contributed by atoms with Gasteiger partial charge in [-0.1, -0.05) is 53.7 Å². The molecular formula is C30H56O5Si2. The van der Waals surface area contributed by atoms with Crippen LogP contribution in [-0.2, 0) is 23.1 Å². The van der Waals surface area contributed by atoms with Gasteiger partial charge in [0, 0.05) is 32.3 Å². The van der Waals surface area contributed by atoms with Crippen molar-refractivity contribution in [1.29, 1.82) is 0 Å². The minimum atomic E-state index is -2.08. The molecule has 37 heavy (non-hydrogen) atoms. The smallest absolute Gasteiger partial charge is 0.330 e. The van der Waals surface area contributed by atoms with Crippen molar-refractivity contribution in [2.75, 3.05) is 13.7 Å². The largest absolute Gasteiger partial charge is 0.459 e. The molecule has 0 N–H and O–H groups in total. The zero-order valence-electron chi connectivity index (χ0n) is 25.7. The van der Waals surface area contributed by atoms with Crippen LogP contribution in [0.3, 0.4) is 0 Å². The number of carbonyl (C=O) groups excluding carboxylic acids is 1. The molecule has 1 aliphatic heterocycles. The van der Waals surface area contributed by atoms with Gasteiger partial charge < -0.3 is 18.3 Å². The van der Waals surface area contributed by atoms with Crippen LogP contribution in [-0.4, -0.2) is 54.6 Å². The fourth-order valence-corrected chi connectivity index (χ4v) is 7.42. The predicted octanol–water partition coefficient (Wildman–Crippen LogP) is 8.04. The monoisotopic (exact) mass is 552 g/mol. The predicted molar refractivity (Wildman–Crippen MR) is 159 cm³/mol. The summed E-state index contributed by atoms with van der Waals surface area (Å²) in [5, 5.41) is 0.252. The highest BCUT2D eigenvalue weighted by molar-refractivity contribution is 6.74. The van der Waals surface area contributed by atoms with E-state index in [0.29, 0.717) is 12.5 Å². The molecule has 0 unspecified atom stereocenters. The summed E-state index contributed by atoms with van der Waals surface area (Å²) in [4.78, 5) is 12.9. The van der Waals surface area contributed by atoms with Crippen molar-refractivity contribution in [3.05, 3.63) is 24.3 Å². The summed E-state index contributed by atoms with van der Waals surface area (Å²) in [6.07, 6.45) is 13.9. The molecule has 1 fully saturated rings. The van der Waals surface area contributed by atoms with Gasteiger partial charge in [-0.25, -0.2) is 4.79 Å². The average Bonchev–Trinajstić information content (AvgIpc) is 3.14. The second-order valence-electron chi connectivity index (χ2n) is 14.2. The highest BCUT2D eigenvalue weighted by Crippen LogP contribution is 2.46. The molecular weight excluding hydrogens is 496 g/mol. The lowest BCUT2D eigenvalue weighted by atomic mass is 9.90. The summed E-state index contributed by atoms with van der Waals surface area (Å²) in [5.74, 6) is 0.366. The summed E-state index contributed by atoms with van der Waals surface area (Å²) in [6, 6.07) is 0. The lowest BCUT2D eigenvalue weighted by Gasteiger charge is -2.41. The van der Waals surface area contributed by atoms with Crippen molar-refractivity contribution in [2.45, 2.75) is 135 Å². The van der Waals surface area contributed by atoms with Crippen molar-refractivity contribution < 1.29 is 23.1 Å². The average molecular weight is 553 g/mol. The van der Waals surface area contributed by atoms with Crippen molar-refractivity contribution >= 4 is 22.6 Å². The number of allylic oxidation sites excluding steroid dienone is 2. The Morgan fingerprint density at radius 2 is 1.57 bits per heavy atom. The van der Waals surface area contributed by atoms with Crippen LogP contribution in [0.15, 0.2) is 24.3 Å². The topological polar surface area (TPSA) is 54.0 Å². The number of hydrogen-bond acceptors (Lipinski definition) is 5. The first-order chi connectivity index (χ1) is 17.0. The van der Waals surface area contributed by atoms with Crippen LogP contribution < -0.4 is 0 Å². The van der Waals surface area contributed by atoms with Gasteiger partial charge in [0.15, 0.2) is 16.6 Å². The number of hydrogen-bond donors (Lipinski definition) is 0. The Labute approximate surface area is 230 Å². The quantitative estimate of drug-likeness (QED) is 0.182. The van der Waals surface area contributed by atoms with Gasteiger partial charge in [-0.05, 0) is 86.3 Å². The first-order valence-corrected chi connectivity index (χ1v) is 20.2. The molecule has 214 valence electrons. The fraction of sp³-hybridized carbons (Fsp3) is 0.833. The van der Waals surface area contributed by atoms with E-state index in [1.165, 1.54) is 0 Å². The van der Waals surface area contributed by atoms with E-state index in [2.05, 4.69) is 79.9 Å². The third kappa shape index (κ3) is 9.45. The maximum atomic E-state index is 12.9. The molecule has 7 heteroatoms. The number of esters is 1. The second kappa shape index (κ2) is 13.1. The van der Waals surface area contributed by atoms with Gasteiger partial charge in [-0.3, -0.25) is 0 Å². The number of fused-ring (bicyclic) bond motifs is 1.